The Bertz CT molecular complexity index is 2490. The number of aromatic nitrogens is 6. The molecule has 3 saturated heterocycles. The molecule has 282 valence electrons. The smallest absolute Gasteiger partial charge is 0.329 e. The lowest BCUT2D eigenvalue weighted by Gasteiger charge is -2.35. The first-order chi connectivity index (χ1) is 26.8. The average molecular weight is 745 g/mol. The van der Waals surface area contributed by atoms with Crippen LogP contribution in [0.15, 0.2) is 83.8 Å². The van der Waals surface area contributed by atoms with Gasteiger partial charge < -0.3 is 14.5 Å². The SMILES string of the molecule is Cn1c(=O)n(C2CCC(=O)NC2=O)c2ccc(OCCN3CCN(c4cccc(-c5cnc6ccc(N7CCCC7c7cccc(F)c7)nn56)n4)CC3)cc21. The first kappa shape index (κ1) is 34.7. The van der Waals surface area contributed by atoms with Crippen molar-refractivity contribution in [2.45, 2.75) is 37.8 Å². The van der Waals surface area contributed by atoms with E-state index in [1.165, 1.54) is 15.2 Å². The van der Waals surface area contributed by atoms with Gasteiger partial charge in [0.25, 0.3) is 0 Å². The highest BCUT2D eigenvalue weighted by Gasteiger charge is 2.32. The number of aryl methyl sites for hydroxylation is 1. The first-order valence-electron chi connectivity index (χ1n) is 18.8. The van der Waals surface area contributed by atoms with Crippen molar-refractivity contribution in [2.24, 2.45) is 7.05 Å². The molecule has 3 fully saturated rings. The third kappa shape index (κ3) is 6.58. The van der Waals surface area contributed by atoms with Gasteiger partial charge in [-0.1, -0.05) is 18.2 Å². The maximum Gasteiger partial charge on any atom is 0.329 e. The van der Waals surface area contributed by atoms with Crippen LogP contribution in [-0.4, -0.2) is 91.3 Å². The van der Waals surface area contributed by atoms with Crippen molar-refractivity contribution in [3.8, 4) is 17.1 Å². The fourth-order valence-corrected chi connectivity index (χ4v) is 8.19. The normalized spacial score (nSPS) is 19.5. The van der Waals surface area contributed by atoms with Crippen molar-refractivity contribution < 1.29 is 18.7 Å². The highest BCUT2D eigenvalue weighted by atomic mass is 19.1. The molecular weight excluding hydrogens is 704 g/mol. The van der Waals surface area contributed by atoms with Gasteiger partial charge in [-0.25, -0.2) is 23.7 Å². The number of carbonyl (C=O) groups is 2. The Morgan fingerprint density at radius 1 is 0.873 bits per heavy atom. The zero-order valence-electron chi connectivity index (χ0n) is 30.5. The Morgan fingerprint density at radius 3 is 2.56 bits per heavy atom. The summed E-state index contributed by atoms with van der Waals surface area (Å²) in [6.07, 6.45) is 4.24. The third-order valence-electron chi connectivity index (χ3n) is 11.1. The van der Waals surface area contributed by atoms with E-state index in [9.17, 15) is 18.8 Å². The fourth-order valence-electron chi connectivity index (χ4n) is 8.19. The second-order valence-corrected chi connectivity index (χ2v) is 14.4. The molecule has 6 aromatic rings. The minimum absolute atomic E-state index is 0.0623. The average Bonchev–Trinajstić information content (AvgIpc) is 3.92. The van der Waals surface area contributed by atoms with Gasteiger partial charge in [-0.15, -0.1) is 5.10 Å². The van der Waals surface area contributed by atoms with Crippen LogP contribution in [0, 0.1) is 5.82 Å². The molecule has 14 nitrogen and oxygen atoms in total. The van der Waals surface area contributed by atoms with E-state index in [1.807, 2.05) is 59.2 Å². The fraction of sp³-hybridized carbons (Fsp3) is 0.350. The summed E-state index contributed by atoms with van der Waals surface area (Å²) >= 11 is 0. The van der Waals surface area contributed by atoms with Crippen LogP contribution in [0.2, 0.25) is 0 Å². The van der Waals surface area contributed by atoms with Gasteiger partial charge in [0.2, 0.25) is 11.8 Å². The molecule has 1 N–H and O–H groups in total. The number of amides is 2. The van der Waals surface area contributed by atoms with E-state index in [0.29, 0.717) is 23.4 Å². The second-order valence-electron chi connectivity index (χ2n) is 14.4. The number of hydrogen-bond acceptors (Lipinski definition) is 10. The summed E-state index contributed by atoms with van der Waals surface area (Å²) in [6.45, 7) is 5.37. The summed E-state index contributed by atoms with van der Waals surface area (Å²) < 4.78 is 25.0. The van der Waals surface area contributed by atoms with E-state index < -0.39 is 11.9 Å². The summed E-state index contributed by atoms with van der Waals surface area (Å²) in [5, 5.41) is 7.36. The number of fused-ring (bicyclic) bond motifs is 2. The third-order valence-corrected chi connectivity index (χ3v) is 11.1. The highest BCUT2D eigenvalue weighted by molar-refractivity contribution is 6.00. The van der Waals surface area contributed by atoms with Gasteiger partial charge in [-0.3, -0.25) is 28.9 Å². The number of piperazine rings is 1. The molecule has 15 heteroatoms. The predicted octanol–water partition coefficient (Wildman–Crippen LogP) is 4.10. The van der Waals surface area contributed by atoms with Gasteiger partial charge in [-0.2, -0.15) is 0 Å². The molecule has 2 amide bonds. The lowest BCUT2D eigenvalue weighted by atomic mass is 10.0. The highest BCUT2D eigenvalue weighted by Crippen LogP contribution is 2.36. The summed E-state index contributed by atoms with van der Waals surface area (Å²) in [6, 6.07) is 21.6. The molecule has 4 aromatic heterocycles. The molecule has 3 aliphatic heterocycles. The molecule has 0 saturated carbocycles. The predicted molar refractivity (Wildman–Crippen MR) is 205 cm³/mol. The van der Waals surface area contributed by atoms with E-state index >= 15 is 0 Å². The van der Waals surface area contributed by atoms with Gasteiger partial charge in [-0.05, 0) is 73.4 Å². The lowest BCUT2D eigenvalue weighted by Crippen LogP contribution is -2.47. The van der Waals surface area contributed by atoms with Crippen LogP contribution in [0.5, 0.6) is 5.75 Å². The Hall–Kier alpha value is -6.09. The molecule has 0 spiro atoms. The molecule has 2 unspecified atom stereocenters. The van der Waals surface area contributed by atoms with Gasteiger partial charge in [0.15, 0.2) is 5.65 Å². The number of piperidine rings is 1. The number of carbonyl (C=O) groups excluding carboxylic acids is 2. The molecule has 2 aromatic carbocycles. The molecule has 7 heterocycles. The minimum Gasteiger partial charge on any atom is -0.492 e. The van der Waals surface area contributed by atoms with Crippen LogP contribution in [0.3, 0.4) is 0 Å². The lowest BCUT2D eigenvalue weighted by molar-refractivity contribution is -0.135. The van der Waals surface area contributed by atoms with Crippen molar-refractivity contribution >= 4 is 40.1 Å². The van der Waals surface area contributed by atoms with Crippen molar-refractivity contribution in [3.05, 3.63) is 101 Å². The van der Waals surface area contributed by atoms with Crippen LogP contribution in [0.4, 0.5) is 16.0 Å². The summed E-state index contributed by atoms with van der Waals surface area (Å²) in [5.41, 5.74) is 4.27. The van der Waals surface area contributed by atoms with Gasteiger partial charge in [0, 0.05) is 58.8 Å². The van der Waals surface area contributed by atoms with E-state index in [0.717, 1.165) is 86.3 Å². The first-order valence-corrected chi connectivity index (χ1v) is 18.8. The minimum atomic E-state index is -0.725. The standard InChI is InChI=1S/C40H41FN10O4/c1-46-33-24-28(10-11-31(33)50(40(46)54)32-12-15-38(52)44-39(32)53)55-22-21-47-17-19-48(20-18-47)36-9-3-7-29(43-36)34-25-42-35-13-14-37(45-51(34)35)49-16-4-8-30(49)26-5-2-6-27(41)23-26/h2-3,5-7,9-11,13-14,23-25,30,32H,4,8,12,15-22H2,1H3,(H,44,52,53). The number of pyridine rings is 1. The Labute approximate surface area is 315 Å². The van der Waals surface area contributed by atoms with Gasteiger partial charge in [0.05, 0.1) is 29.0 Å². The van der Waals surface area contributed by atoms with E-state index in [1.54, 1.807) is 25.2 Å². The van der Waals surface area contributed by atoms with Crippen LogP contribution in [0.1, 0.15) is 43.3 Å². The van der Waals surface area contributed by atoms with E-state index in [2.05, 4.69) is 25.0 Å². The Kier molecular flexibility index (Phi) is 9.00. The topological polar surface area (TPSA) is 135 Å². The number of hydrogen-bond donors (Lipinski definition) is 1. The molecule has 9 rings (SSSR count). The van der Waals surface area contributed by atoms with Crippen LogP contribution < -0.4 is 25.5 Å². The molecule has 0 aliphatic carbocycles. The van der Waals surface area contributed by atoms with Gasteiger partial charge in [0.1, 0.15) is 41.5 Å². The monoisotopic (exact) mass is 744 g/mol. The van der Waals surface area contributed by atoms with Crippen LogP contribution in [-0.2, 0) is 16.6 Å². The summed E-state index contributed by atoms with van der Waals surface area (Å²) in [4.78, 5) is 53.9. The van der Waals surface area contributed by atoms with E-state index in [-0.39, 0.29) is 36.3 Å². The molecule has 55 heavy (non-hydrogen) atoms. The van der Waals surface area contributed by atoms with Crippen molar-refractivity contribution in [1.82, 2.24) is 38.9 Å². The number of nitrogens with zero attached hydrogens (tertiary/aromatic N) is 9. The number of anilines is 2. The maximum atomic E-state index is 14.1. The molecular formula is C40H41FN10O4. The number of nitrogens with one attached hydrogen (secondary N) is 1. The number of ether oxygens (including phenoxy) is 1. The van der Waals surface area contributed by atoms with Crippen molar-refractivity contribution in [3.63, 3.8) is 0 Å². The largest absolute Gasteiger partial charge is 0.492 e. The molecule has 0 bridgehead atoms. The molecule has 0 radical (unpaired) electrons. The number of imide groups is 1. The zero-order valence-corrected chi connectivity index (χ0v) is 30.5. The quantitative estimate of drug-likeness (QED) is 0.216. The van der Waals surface area contributed by atoms with Gasteiger partial charge >= 0.3 is 5.69 Å². The van der Waals surface area contributed by atoms with Crippen molar-refractivity contribution in [1.29, 1.82) is 0 Å². The maximum absolute atomic E-state index is 14.1. The van der Waals surface area contributed by atoms with Crippen LogP contribution in [0.25, 0.3) is 28.1 Å². The van der Waals surface area contributed by atoms with Crippen LogP contribution >= 0.6 is 0 Å². The number of benzene rings is 2. The molecule has 3 aliphatic rings. The number of halogens is 1. The van der Waals surface area contributed by atoms with Crippen molar-refractivity contribution in [2.75, 3.05) is 55.7 Å². The molecule has 2 atom stereocenters. The number of imidazole rings is 2. The second kappa shape index (κ2) is 14.3. The Balaban J connectivity index is 0.831. The number of rotatable bonds is 9. The Morgan fingerprint density at radius 2 is 1.73 bits per heavy atom. The zero-order chi connectivity index (χ0) is 37.6. The summed E-state index contributed by atoms with van der Waals surface area (Å²) in [7, 11) is 1.67. The van der Waals surface area contributed by atoms with E-state index in [4.69, 9.17) is 14.8 Å². The summed E-state index contributed by atoms with van der Waals surface area (Å²) in [5.74, 6) is 1.36.